The minimum absolute atomic E-state index is 0.133. The van der Waals surface area contributed by atoms with E-state index in [0.717, 1.165) is 39.1 Å². The smallest absolute Gasteiger partial charge is 0.278 e. The Morgan fingerprint density at radius 1 is 0.818 bits per heavy atom. The summed E-state index contributed by atoms with van der Waals surface area (Å²) >= 11 is 0. The molecule has 0 radical (unpaired) electrons. The van der Waals surface area contributed by atoms with Gasteiger partial charge in [0.2, 0.25) is 0 Å². The third-order valence-corrected chi connectivity index (χ3v) is 6.12. The highest BCUT2D eigenvalue weighted by Crippen LogP contribution is 2.34. The van der Waals surface area contributed by atoms with Crippen molar-refractivity contribution in [3.8, 4) is 5.75 Å². The third kappa shape index (κ3) is 4.27. The average molecular weight is 441 g/mol. The third-order valence-electron chi connectivity index (χ3n) is 6.12. The molecule has 4 rings (SSSR count). The molecular formula is C28H28N2O3. The molecule has 1 heterocycles. The summed E-state index contributed by atoms with van der Waals surface area (Å²) in [7, 11) is 1.58. The molecule has 3 aromatic carbocycles. The summed E-state index contributed by atoms with van der Waals surface area (Å²) in [5.74, 6) is -0.0231. The molecule has 5 heteroatoms. The highest BCUT2D eigenvalue weighted by Gasteiger charge is 2.40. The van der Waals surface area contributed by atoms with E-state index in [1.54, 1.807) is 7.11 Å². The Morgan fingerprint density at radius 2 is 1.58 bits per heavy atom. The van der Waals surface area contributed by atoms with E-state index in [2.05, 4.69) is 5.32 Å². The zero-order chi connectivity index (χ0) is 23.7. The number of carbonyl (C=O) groups is 2. The highest BCUT2D eigenvalue weighted by molar-refractivity contribution is 6.36. The summed E-state index contributed by atoms with van der Waals surface area (Å²) in [6.45, 7) is 8.17. The number of amides is 2. The van der Waals surface area contributed by atoms with Crippen LogP contribution in [-0.2, 0) is 16.1 Å². The lowest BCUT2D eigenvalue weighted by Crippen LogP contribution is -2.32. The first-order valence-electron chi connectivity index (χ1n) is 10.9. The van der Waals surface area contributed by atoms with Crippen molar-refractivity contribution in [2.45, 2.75) is 34.2 Å². The number of benzene rings is 3. The zero-order valence-corrected chi connectivity index (χ0v) is 19.7. The fourth-order valence-electron chi connectivity index (χ4n) is 4.15. The molecule has 0 saturated heterocycles. The predicted octanol–water partition coefficient (Wildman–Crippen LogP) is 5.32. The average Bonchev–Trinajstić information content (AvgIpc) is 3.01. The van der Waals surface area contributed by atoms with Gasteiger partial charge in [0.05, 0.1) is 19.2 Å². The summed E-state index contributed by atoms with van der Waals surface area (Å²) in [6.07, 6.45) is 0. The maximum Gasteiger partial charge on any atom is 0.278 e. The summed E-state index contributed by atoms with van der Waals surface area (Å²) in [5, 5.41) is 3.26. The molecule has 1 aliphatic heterocycles. The van der Waals surface area contributed by atoms with Crippen LogP contribution in [0, 0.1) is 27.7 Å². The highest BCUT2D eigenvalue weighted by atomic mass is 16.5. The van der Waals surface area contributed by atoms with E-state index in [-0.39, 0.29) is 18.4 Å². The Hall–Kier alpha value is -3.86. The molecule has 0 aliphatic carbocycles. The molecule has 0 saturated carbocycles. The molecule has 3 aromatic rings. The summed E-state index contributed by atoms with van der Waals surface area (Å²) in [4.78, 5) is 28.5. The van der Waals surface area contributed by atoms with Crippen molar-refractivity contribution in [2.24, 2.45) is 0 Å². The molecule has 0 atom stereocenters. The normalized spacial score (nSPS) is 13.7. The number of ether oxygens (including phenoxy) is 1. The number of nitrogens with one attached hydrogen (secondary N) is 1. The number of para-hydroxylation sites is 1. The number of imide groups is 1. The van der Waals surface area contributed by atoms with Crippen molar-refractivity contribution in [3.63, 3.8) is 0 Å². The lowest BCUT2D eigenvalue weighted by molar-refractivity contribution is -0.137. The first kappa shape index (κ1) is 22.3. The zero-order valence-electron chi connectivity index (χ0n) is 19.7. The van der Waals surface area contributed by atoms with Crippen LogP contribution in [0.25, 0.3) is 5.57 Å². The number of methoxy groups -OCH3 is 1. The van der Waals surface area contributed by atoms with Crippen molar-refractivity contribution < 1.29 is 14.3 Å². The second kappa shape index (κ2) is 8.94. The molecule has 0 fully saturated rings. The number of anilines is 1. The Morgan fingerprint density at radius 3 is 2.27 bits per heavy atom. The van der Waals surface area contributed by atoms with Gasteiger partial charge < -0.3 is 10.1 Å². The standard InChI is InChI=1S/C28H28N2O3/c1-17-10-13-23(20(4)14-17)25-26(29-22-12-11-18(2)19(3)15-22)28(32)30(27(25)31)16-21-8-6-7-9-24(21)33-5/h6-15,29H,16H2,1-5H3. The van der Waals surface area contributed by atoms with Gasteiger partial charge in [-0.05, 0) is 68.1 Å². The number of carbonyl (C=O) groups excluding carboxylic acids is 2. The van der Waals surface area contributed by atoms with Gasteiger partial charge in [0, 0.05) is 11.3 Å². The Kier molecular flexibility index (Phi) is 6.05. The van der Waals surface area contributed by atoms with Gasteiger partial charge in [-0.25, -0.2) is 0 Å². The number of aryl methyl sites for hydroxylation is 4. The van der Waals surface area contributed by atoms with Crippen molar-refractivity contribution in [1.29, 1.82) is 0 Å². The van der Waals surface area contributed by atoms with Crippen LogP contribution in [0.1, 0.15) is 33.4 Å². The number of rotatable bonds is 6. The summed E-state index contributed by atoms with van der Waals surface area (Å²) < 4.78 is 5.44. The van der Waals surface area contributed by atoms with E-state index in [9.17, 15) is 9.59 Å². The number of nitrogens with zero attached hydrogens (tertiary/aromatic N) is 1. The van der Waals surface area contributed by atoms with Crippen molar-refractivity contribution in [2.75, 3.05) is 12.4 Å². The van der Waals surface area contributed by atoms with Gasteiger partial charge >= 0.3 is 0 Å². The van der Waals surface area contributed by atoms with E-state index in [4.69, 9.17) is 4.74 Å². The van der Waals surface area contributed by atoms with Crippen LogP contribution < -0.4 is 10.1 Å². The van der Waals surface area contributed by atoms with Gasteiger partial charge in [-0.15, -0.1) is 0 Å². The van der Waals surface area contributed by atoms with Gasteiger partial charge in [-0.3, -0.25) is 14.5 Å². The van der Waals surface area contributed by atoms with E-state index in [1.807, 2.05) is 88.4 Å². The molecule has 33 heavy (non-hydrogen) atoms. The molecule has 0 aromatic heterocycles. The predicted molar refractivity (Wildman–Crippen MR) is 131 cm³/mol. The fourth-order valence-corrected chi connectivity index (χ4v) is 4.15. The van der Waals surface area contributed by atoms with Gasteiger partial charge in [-0.2, -0.15) is 0 Å². The first-order valence-corrected chi connectivity index (χ1v) is 10.9. The van der Waals surface area contributed by atoms with Crippen LogP contribution in [0.5, 0.6) is 5.75 Å². The van der Waals surface area contributed by atoms with E-state index >= 15 is 0 Å². The first-order chi connectivity index (χ1) is 15.8. The Balaban J connectivity index is 1.79. The largest absolute Gasteiger partial charge is 0.496 e. The van der Waals surface area contributed by atoms with Crippen molar-refractivity contribution in [3.05, 3.63) is 99.7 Å². The quantitative estimate of drug-likeness (QED) is 0.527. The minimum Gasteiger partial charge on any atom is -0.496 e. The van der Waals surface area contributed by atoms with E-state index < -0.39 is 0 Å². The molecule has 0 bridgehead atoms. The summed E-state index contributed by atoms with van der Waals surface area (Å²) in [5.41, 5.74) is 7.31. The minimum atomic E-state index is -0.348. The van der Waals surface area contributed by atoms with E-state index in [1.165, 1.54) is 4.90 Å². The molecule has 168 valence electrons. The van der Waals surface area contributed by atoms with Gasteiger partial charge in [0.15, 0.2) is 0 Å². The monoisotopic (exact) mass is 440 g/mol. The van der Waals surface area contributed by atoms with Gasteiger partial charge in [0.25, 0.3) is 11.8 Å². The van der Waals surface area contributed by atoms with Gasteiger partial charge in [0.1, 0.15) is 11.4 Å². The lowest BCUT2D eigenvalue weighted by atomic mass is 9.97. The molecular weight excluding hydrogens is 412 g/mol. The fraction of sp³-hybridized carbons (Fsp3) is 0.214. The topological polar surface area (TPSA) is 58.6 Å². The Labute approximate surface area is 194 Å². The van der Waals surface area contributed by atoms with Crippen molar-refractivity contribution >= 4 is 23.1 Å². The number of hydrogen-bond acceptors (Lipinski definition) is 4. The van der Waals surface area contributed by atoms with Crippen LogP contribution >= 0.6 is 0 Å². The molecule has 2 amide bonds. The lowest BCUT2D eigenvalue weighted by Gasteiger charge is -2.17. The van der Waals surface area contributed by atoms with Crippen LogP contribution in [0.2, 0.25) is 0 Å². The molecule has 1 N–H and O–H groups in total. The van der Waals surface area contributed by atoms with Crippen LogP contribution in [0.3, 0.4) is 0 Å². The molecule has 5 nitrogen and oxygen atoms in total. The molecule has 1 aliphatic rings. The van der Waals surface area contributed by atoms with Crippen molar-refractivity contribution in [1.82, 2.24) is 4.90 Å². The second-order valence-corrected chi connectivity index (χ2v) is 8.50. The van der Waals surface area contributed by atoms with E-state index in [0.29, 0.717) is 17.0 Å². The second-order valence-electron chi connectivity index (χ2n) is 8.50. The number of hydrogen-bond donors (Lipinski definition) is 1. The molecule has 0 spiro atoms. The van der Waals surface area contributed by atoms with Crippen LogP contribution in [-0.4, -0.2) is 23.8 Å². The van der Waals surface area contributed by atoms with Crippen LogP contribution in [0.4, 0.5) is 5.69 Å². The maximum absolute atomic E-state index is 13.6. The SMILES string of the molecule is COc1ccccc1CN1C(=O)C(Nc2ccc(C)c(C)c2)=C(c2ccc(C)cc2C)C1=O. The summed E-state index contributed by atoms with van der Waals surface area (Å²) in [6, 6.07) is 19.2. The maximum atomic E-state index is 13.6. The van der Waals surface area contributed by atoms with Crippen LogP contribution in [0.15, 0.2) is 66.4 Å². The van der Waals surface area contributed by atoms with Gasteiger partial charge in [-0.1, -0.05) is 48.0 Å². The Bertz CT molecular complexity index is 1290. The molecule has 0 unspecified atom stereocenters.